The summed E-state index contributed by atoms with van der Waals surface area (Å²) in [5, 5.41) is 1.19. The van der Waals surface area contributed by atoms with Crippen molar-refractivity contribution in [1.29, 1.82) is 0 Å². The van der Waals surface area contributed by atoms with Crippen molar-refractivity contribution in [2.45, 2.75) is 24.9 Å². The third kappa shape index (κ3) is 4.77. The van der Waals surface area contributed by atoms with E-state index in [0.717, 1.165) is 35.5 Å². The molecule has 1 aliphatic heterocycles. The fraction of sp³-hybridized carbons (Fsp3) is 0.200. The molecule has 8 heteroatoms. The van der Waals surface area contributed by atoms with Crippen molar-refractivity contribution in [3.05, 3.63) is 112 Å². The summed E-state index contributed by atoms with van der Waals surface area (Å²) in [6.45, 7) is -0.192. The molecule has 0 radical (unpaired) electrons. The van der Waals surface area contributed by atoms with Crippen molar-refractivity contribution in [2.75, 3.05) is 18.1 Å². The van der Waals surface area contributed by atoms with E-state index in [1.165, 1.54) is 0 Å². The first-order chi connectivity index (χ1) is 18.5. The number of aromatic nitrogens is 1. The van der Waals surface area contributed by atoms with Crippen LogP contribution in [0, 0.1) is 0 Å². The molecule has 3 aromatic carbocycles. The van der Waals surface area contributed by atoms with E-state index < -0.39 is 6.04 Å². The van der Waals surface area contributed by atoms with Crippen LogP contribution in [0.3, 0.4) is 0 Å². The zero-order valence-corrected chi connectivity index (χ0v) is 22.0. The number of hydrogen-bond donors (Lipinski definition) is 0. The highest BCUT2D eigenvalue weighted by Gasteiger charge is 2.40. The maximum atomic E-state index is 14.2. The highest BCUT2D eigenvalue weighted by atomic mass is 35.5. The molecule has 0 spiro atoms. The average molecular weight is 546 g/mol. The maximum Gasteiger partial charge on any atom is 0.261 e. The van der Waals surface area contributed by atoms with Crippen molar-refractivity contribution >= 4 is 40.7 Å². The smallest absolute Gasteiger partial charge is 0.261 e. The van der Waals surface area contributed by atoms with Crippen molar-refractivity contribution in [3.63, 3.8) is 0 Å². The Bertz CT molecular complexity index is 1500. The largest absolute Gasteiger partial charge is 0.484 e. The number of amides is 2. The van der Waals surface area contributed by atoms with Gasteiger partial charge in [0.15, 0.2) is 6.61 Å². The van der Waals surface area contributed by atoms with Crippen LogP contribution < -0.4 is 9.64 Å². The van der Waals surface area contributed by atoms with Crippen molar-refractivity contribution in [3.8, 4) is 11.4 Å². The monoisotopic (exact) mass is 545 g/mol. The quantitative estimate of drug-likeness (QED) is 0.274. The maximum absolute atomic E-state index is 14.2. The van der Waals surface area contributed by atoms with Gasteiger partial charge in [-0.05, 0) is 79.1 Å². The van der Waals surface area contributed by atoms with Crippen LogP contribution in [-0.2, 0) is 9.59 Å². The first-order valence-electron chi connectivity index (χ1n) is 12.5. The summed E-state index contributed by atoms with van der Waals surface area (Å²) < 4.78 is 7.82. The van der Waals surface area contributed by atoms with Crippen molar-refractivity contribution < 1.29 is 14.3 Å². The number of benzene rings is 3. The molecule has 1 saturated carbocycles. The summed E-state index contributed by atoms with van der Waals surface area (Å²) in [5.74, 6) is 0.168. The fourth-order valence-electron chi connectivity index (χ4n) is 5.04. The number of nitrogens with zero attached hydrogens (tertiary/aromatic N) is 3. The minimum absolute atomic E-state index is 0.0359. The minimum Gasteiger partial charge on any atom is -0.484 e. The summed E-state index contributed by atoms with van der Waals surface area (Å²) in [6, 6.07) is 25.9. The van der Waals surface area contributed by atoms with Crippen molar-refractivity contribution in [2.24, 2.45) is 0 Å². The lowest BCUT2D eigenvalue weighted by Gasteiger charge is -2.39. The van der Waals surface area contributed by atoms with E-state index in [9.17, 15) is 9.59 Å². The van der Waals surface area contributed by atoms with Gasteiger partial charge in [-0.25, -0.2) is 0 Å². The zero-order chi connectivity index (χ0) is 26.2. The molecule has 4 aromatic rings. The van der Waals surface area contributed by atoms with Gasteiger partial charge in [-0.3, -0.25) is 14.5 Å². The lowest BCUT2D eigenvalue weighted by Crippen LogP contribution is -2.48. The molecule has 6 nitrogen and oxygen atoms in total. The molecule has 6 rings (SSSR count). The van der Waals surface area contributed by atoms with Gasteiger partial charge in [0.1, 0.15) is 18.3 Å². The number of carbonyl (C=O) groups excluding carboxylic acids is 2. The van der Waals surface area contributed by atoms with Gasteiger partial charge < -0.3 is 14.2 Å². The highest BCUT2D eigenvalue weighted by molar-refractivity contribution is 6.30. The summed E-state index contributed by atoms with van der Waals surface area (Å²) in [7, 11) is 0. The third-order valence-corrected chi connectivity index (χ3v) is 7.43. The van der Waals surface area contributed by atoms with E-state index in [0.29, 0.717) is 15.8 Å². The predicted octanol–water partition coefficient (Wildman–Crippen LogP) is 6.29. The van der Waals surface area contributed by atoms with Crippen LogP contribution >= 0.6 is 23.2 Å². The Balaban J connectivity index is 1.31. The third-order valence-electron chi connectivity index (χ3n) is 6.94. The normalized spacial score (nSPS) is 15.9. The van der Waals surface area contributed by atoms with Gasteiger partial charge in [-0.15, -0.1) is 0 Å². The van der Waals surface area contributed by atoms with Crippen molar-refractivity contribution in [1.82, 2.24) is 9.47 Å². The van der Waals surface area contributed by atoms with Crippen LogP contribution in [0.1, 0.15) is 30.1 Å². The van der Waals surface area contributed by atoms with Gasteiger partial charge in [0.2, 0.25) is 5.91 Å². The van der Waals surface area contributed by atoms with Crippen LogP contribution in [0.25, 0.3) is 5.69 Å². The van der Waals surface area contributed by atoms with Crippen LogP contribution in [0.15, 0.2) is 91.1 Å². The predicted molar refractivity (Wildman–Crippen MR) is 148 cm³/mol. The number of hydrogen-bond acceptors (Lipinski definition) is 3. The summed E-state index contributed by atoms with van der Waals surface area (Å²) in [5.41, 5.74) is 3.55. The SMILES string of the molecule is O=C(COc1ccc(Cl)cc1)N(CC(=O)N1c2ccccc2-n2cccc2[C@H]1c1cccc(Cl)c1)C1CC1. The number of anilines is 1. The molecule has 38 heavy (non-hydrogen) atoms. The standard InChI is InChI=1S/C30H25Cl2N3O3/c31-21-10-14-24(15-11-21)38-19-29(37)34(23-12-13-23)18-28(36)35-26-8-2-1-7-25(26)33-16-4-9-27(33)30(35)20-5-3-6-22(32)17-20/h1-11,14-17,23,30H,12-13,18-19H2/t30-/m1/s1. The lowest BCUT2D eigenvalue weighted by atomic mass is 9.97. The van der Waals surface area contributed by atoms with Gasteiger partial charge in [-0.2, -0.15) is 0 Å². The van der Waals surface area contributed by atoms with E-state index >= 15 is 0 Å². The average Bonchev–Trinajstić information content (AvgIpc) is 3.65. The van der Waals surface area contributed by atoms with Gasteiger partial charge in [-0.1, -0.05) is 47.5 Å². The van der Waals surface area contributed by atoms with E-state index in [2.05, 4.69) is 4.57 Å². The molecule has 1 atom stereocenters. The van der Waals surface area contributed by atoms with Gasteiger partial charge in [0.05, 0.1) is 17.1 Å². The van der Waals surface area contributed by atoms with Crippen LogP contribution in [0.4, 0.5) is 5.69 Å². The van der Waals surface area contributed by atoms with E-state index in [1.54, 1.807) is 34.1 Å². The Morgan fingerprint density at radius 3 is 2.37 bits per heavy atom. The molecule has 1 fully saturated rings. The van der Waals surface area contributed by atoms with E-state index in [1.807, 2.05) is 66.9 Å². The molecule has 1 aliphatic carbocycles. The first kappa shape index (κ1) is 24.6. The number of rotatable bonds is 7. The van der Waals surface area contributed by atoms with Crippen LogP contribution in [0.5, 0.6) is 5.75 Å². The molecular formula is C30H25Cl2N3O3. The zero-order valence-electron chi connectivity index (χ0n) is 20.5. The van der Waals surface area contributed by atoms with Gasteiger partial charge in [0, 0.05) is 22.3 Å². The summed E-state index contributed by atoms with van der Waals surface area (Å²) in [4.78, 5) is 30.9. The molecule has 0 bridgehead atoms. The summed E-state index contributed by atoms with van der Waals surface area (Å²) in [6.07, 6.45) is 3.75. The first-order valence-corrected chi connectivity index (χ1v) is 13.3. The van der Waals surface area contributed by atoms with E-state index in [-0.39, 0.29) is 31.0 Å². The molecule has 0 N–H and O–H groups in total. The second-order valence-corrected chi connectivity index (χ2v) is 10.4. The Labute approximate surface area is 230 Å². The second kappa shape index (κ2) is 10.2. The highest BCUT2D eigenvalue weighted by Crippen LogP contribution is 2.43. The van der Waals surface area contributed by atoms with E-state index in [4.69, 9.17) is 27.9 Å². The molecule has 0 saturated heterocycles. The number of ether oxygens (including phenoxy) is 1. The Morgan fingerprint density at radius 1 is 0.868 bits per heavy atom. The lowest BCUT2D eigenvalue weighted by molar-refractivity contribution is -0.137. The van der Waals surface area contributed by atoms with Gasteiger partial charge >= 0.3 is 0 Å². The second-order valence-electron chi connectivity index (χ2n) is 9.51. The minimum atomic E-state index is -0.396. The molecule has 2 heterocycles. The Hall–Kier alpha value is -3.74. The molecule has 2 aliphatic rings. The topological polar surface area (TPSA) is 54.8 Å². The Morgan fingerprint density at radius 2 is 1.63 bits per heavy atom. The number of para-hydroxylation sites is 2. The fourth-order valence-corrected chi connectivity index (χ4v) is 5.37. The van der Waals surface area contributed by atoms with Gasteiger partial charge in [0.25, 0.3) is 5.91 Å². The molecule has 2 amide bonds. The van der Waals surface area contributed by atoms with Crippen LogP contribution in [0.2, 0.25) is 10.0 Å². The number of halogens is 2. The molecule has 192 valence electrons. The number of carbonyl (C=O) groups is 2. The number of fused-ring (bicyclic) bond motifs is 3. The summed E-state index contributed by atoms with van der Waals surface area (Å²) >= 11 is 12.3. The Kier molecular flexibility index (Phi) is 6.60. The molecule has 1 aromatic heterocycles. The molecule has 0 unspecified atom stereocenters. The molecular weight excluding hydrogens is 521 g/mol. The van der Waals surface area contributed by atoms with Crippen LogP contribution in [-0.4, -0.2) is 40.5 Å².